The number of thioether (sulfide) groups is 1. The number of alkyl carbamates (subject to hydrolysis) is 1. The molecule has 0 spiro atoms. The average Bonchev–Trinajstić information content (AvgIpc) is 3.14. The summed E-state index contributed by atoms with van der Waals surface area (Å²) < 4.78 is 5.55. The quantitative estimate of drug-likeness (QED) is 0.836. The van der Waals surface area contributed by atoms with E-state index in [1.54, 1.807) is 13.8 Å². The molecule has 0 fully saturated rings. The molecule has 2 aromatic rings. The molecule has 6 heteroatoms. The van der Waals surface area contributed by atoms with Gasteiger partial charge in [0, 0.05) is 5.92 Å². The molecule has 1 N–H and O–H groups in total. The van der Waals surface area contributed by atoms with Crippen LogP contribution in [0.1, 0.15) is 37.8 Å². The Balaban J connectivity index is 1.43. The van der Waals surface area contributed by atoms with Gasteiger partial charge < -0.3 is 10.1 Å². The summed E-state index contributed by atoms with van der Waals surface area (Å²) in [4.78, 5) is 28.7. The maximum absolute atomic E-state index is 12.4. The van der Waals surface area contributed by atoms with E-state index in [1.807, 2.05) is 31.2 Å². The molecule has 0 unspecified atom stereocenters. The number of fused-ring (bicyclic) bond motifs is 3. The van der Waals surface area contributed by atoms with E-state index in [0.717, 1.165) is 11.8 Å². The van der Waals surface area contributed by atoms with Crippen molar-refractivity contribution in [3.8, 4) is 11.1 Å². The lowest BCUT2D eigenvalue weighted by Gasteiger charge is -2.17. The zero-order valence-corrected chi connectivity index (χ0v) is 16.9. The Hall–Kier alpha value is -2.60. The average molecular weight is 394 g/mol. The second kappa shape index (κ2) is 7.09. The van der Waals surface area contributed by atoms with Crippen molar-refractivity contribution in [1.29, 1.82) is 0 Å². The summed E-state index contributed by atoms with van der Waals surface area (Å²) in [6.07, 6.45) is -0.505. The van der Waals surface area contributed by atoms with Crippen LogP contribution in [0.5, 0.6) is 0 Å². The molecule has 1 aliphatic carbocycles. The molecule has 0 saturated carbocycles. The molecule has 5 nitrogen and oxygen atoms in total. The fourth-order valence-electron chi connectivity index (χ4n) is 3.63. The number of hydrogen-bond donors (Lipinski definition) is 1. The Kier molecular flexibility index (Phi) is 4.75. The number of carbonyl (C=O) groups is 2. The fraction of sp³-hybridized carbons (Fsp3) is 0.318. The molecule has 0 saturated heterocycles. The number of ether oxygens (including phenoxy) is 1. The summed E-state index contributed by atoms with van der Waals surface area (Å²) in [5.41, 5.74) is 3.99. The topological polar surface area (TPSA) is 67.8 Å². The summed E-state index contributed by atoms with van der Waals surface area (Å²) in [6.45, 7) is 5.61. The van der Waals surface area contributed by atoms with Crippen molar-refractivity contribution in [3.63, 3.8) is 0 Å². The molecule has 1 aliphatic heterocycles. The van der Waals surface area contributed by atoms with Gasteiger partial charge in [-0.2, -0.15) is 0 Å². The third kappa shape index (κ3) is 3.33. The van der Waals surface area contributed by atoms with Gasteiger partial charge in [0.2, 0.25) is 5.12 Å². The molecule has 1 amide bonds. The highest BCUT2D eigenvalue weighted by molar-refractivity contribution is 8.27. The highest BCUT2D eigenvalue weighted by atomic mass is 32.2. The summed E-state index contributed by atoms with van der Waals surface area (Å²) in [6, 6.07) is 16.1. The van der Waals surface area contributed by atoms with Gasteiger partial charge in [0.1, 0.15) is 12.1 Å². The summed E-state index contributed by atoms with van der Waals surface area (Å²) >= 11 is 1.09. The highest BCUT2D eigenvalue weighted by Crippen LogP contribution is 2.44. The SMILES string of the molecule is C[C@H](NC(=O)OCC1c2ccccc2-c2ccccc21)C1=NC(C)(C)C(=O)S1. The largest absolute Gasteiger partial charge is 0.449 e. The van der Waals surface area contributed by atoms with Gasteiger partial charge in [-0.15, -0.1) is 0 Å². The normalized spacial score (nSPS) is 18.2. The molecule has 2 aliphatic rings. The predicted molar refractivity (Wildman–Crippen MR) is 112 cm³/mol. The Bertz CT molecular complexity index is 938. The first kappa shape index (κ1) is 18.7. The van der Waals surface area contributed by atoms with Crippen LogP contribution >= 0.6 is 11.8 Å². The molecule has 0 bridgehead atoms. The van der Waals surface area contributed by atoms with E-state index in [-0.39, 0.29) is 23.7 Å². The second-order valence-corrected chi connectivity index (χ2v) is 8.58. The Morgan fingerprint density at radius 2 is 1.71 bits per heavy atom. The van der Waals surface area contributed by atoms with Crippen LogP contribution in [0.2, 0.25) is 0 Å². The van der Waals surface area contributed by atoms with E-state index in [2.05, 4.69) is 34.6 Å². The fourth-order valence-corrected chi connectivity index (χ4v) is 4.62. The molecule has 144 valence electrons. The van der Waals surface area contributed by atoms with E-state index >= 15 is 0 Å². The van der Waals surface area contributed by atoms with Crippen molar-refractivity contribution in [1.82, 2.24) is 5.32 Å². The van der Waals surface area contributed by atoms with Crippen LogP contribution < -0.4 is 5.32 Å². The van der Waals surface area contributed by atoms with Gasteiger partial charge in [-0.05, 0) is 54.8 Å². The predicted octanol–water partition coefficient (Wildman–Crippen LogP) is 4.36. The number of amides is 1. The van der Waals surface area contributed by atoms with Crippen molar-refractivity contribution in [2.45, 2.75) is 38.3 Å². The van der Waals surface area contributed by atoms with E-state index in [0.29, 0.717) is 5.04 Å². The van der Waals surface area contributed by atoms with Gasteiger partial charge in [0.25, 0.3) is 0 Å². The lowest BCUT2D eigenvalue weighted by Crippen LogP contribution is -2.38. The third-order valence-electron chi connectivity index (χ3n) is 5.13. The summed E-state index contributed by atoms with van der Waals surface area (Å²) in [5.74, 6) is 0.0205. The number of hydrogen-bond acceptors (Lipinski definition) is 5. The van der Waals surface area contributed by atoms with E-state index in [9.17, 15) is 9.59 Å². The lowest BCUT2D eigenvalue weighted by molar-refractivity contribution is -0.114. The minimum absolute atomic E-state index is 0.0105. The third-order valence-corrected chi connectivity index (χ3v) is 6.47. The van der Waals surface area contributed by atoms with Crippen LogP contribution in [-0.4, -0.2) is 34.4 Å². The van der Waals surface area contributed by atoms with E-state index < -0.39 is 11.6 Å². The van der Waals surface area contributed by atoms with Gasteiger partial charge in [-0.25, -0.2) is 4.79 Å². The molecular weight excluding hydrogens is 372 g/mol. The minimum Gasteiger partial charge on any atom is -0.449 e. The molecule has 1 atom stereocenters. The summed E-state index contributed by atoms with van der Waals surface area (Å²) in [7, 11) is 0. The van der Waals surface area contributed by atoms with Crippen LogP contribution in [0.4, 0.5) is 4.79 Å². The maximum Gasteiger partial charge on any atom is 0.407 e. The first-order valence-corrected chi connectivity index (χ1v) is 10.1. The standard InChI is InChI=1S/C22H22N2O3S/c1-13(19-24-22(2,3)20(25)28-19)23-21(26)27-12-18-16-10-6-4-8-14(16)15-9-5-7-11-17(15)18/h4-11,13,18H,12H2,1-3H3,(H,23,26)/t13-/m0/s1. The minimum atomic E-state index is -0.739. The van der Waals surface area contributed by atoms with Crippen LogP contribution in [0.3, 0.4) is 0 Å². The van der Waals surface area contributed by atoms with Crippen molar-refractivity contribution >= 4 is 28.0 Å². The molecule has 2 aromatic carbocycles. The second-order valence-electron chi connectivity index (χ2n) is 7.59. The smallest absolute Gasteiger partial charge is 0.407 e. The molecule has 0 aromatic heterocycles. The number of rotatable bonds is 4. The zero-order chi connectivity index (χ0) is 19.9. The molecule has 4 rings (SSSR count). The van der Waals surface area contributed by atoms with E-state index in [1.165, 1.54) is 22.3 Å². The lowest BCUT2D eigenvalue weighted by atomic mass is 9.98. The first-order chi connectivity index (χ1) is 13.4. The number of aliphatic imine (C=N–C) groups is 1. The van der Waals surface area contributed by atoms with Gasteiger partial charge in [0.15, 0.2) is 0 Å². The first-order valence-electron chi connectivity index (χ1n) is 9.30. The monoisotopic (exact) mass is 394 g/mol. The maximum atomic E-state index is 12.4. The Labute approximate surface area is 168 Å². The van der Waals surface area contributed by atoms with Crippen molar-refractivity contribution in [2.24, 2.45) is 4.99 Å². The highest BCUT2D eigenvalue weighted by Gasteiger charge is 2.37. The molecular formula is C22H22N2O3S. The Morgan fingerprint density at radius 3 is 2.25 bits per heavy atom. The van der Waals surface area contributed by atoms with Crippen LogP contribution in [0, 0.1) is 0 Å². The zero-order valence-electron chi connectivity index (χ0n) is 16.1. The molecule has 28 heavy (non-hydrogen) atoms. The number of carbonyl (C=O) groups excluding carboxylic acids is 2. The molecule has 0 radical (unpaired) electrons. The van der Waals surface area contributed by atoms with E-state index in [4.69, 9.17) is 4.74 Å². The van der Waals surface area contributed by atoms with Crippen LogP contribution in [0.15, 0.2) is 53.5 Å². The van der Waals surface area contributed by atoms with Gasteiger partial charge in [-0.1, -0.05) is 48.5 Å². The van der Waals surface area contributed by atoms with Crippen LogP contribution in [-0.2, 0) is 9.53 Å². The number of nitrogens with one attached hydrogen (secondary N) is 1. The van der Waals surface area contributed by atoms with Gasteiger partial charge in [0.05, 0.1) is 11.1 Å². The number of nitrogens with zero attached hydrogens (tertiary/aromatic N) is 1. The Morgan fingerprint density at radius 1 is 1.14 bits per heavy atom. The van der Waals surface area contributed by atoms with Crippen LogP contribution in [0.25, 0.3) is 11.1 Å². The summed E-state index contributed by atoms with van der Waals surface area (Å²) in [5, 5.41) is 3.39. The molecule has 1 heterocycles. The van der Waals surface area contributed by atoms with Crippen molar-refractivity contribution in [2.75, 3.05) is 6.61 Å². The van der Waals surface area contributed by atoms with Crippen molar-refractivity contribution < 1.29 is 14.3 Å². The van der Waals surface area contributed by atoms with Crippen molar-refractivity contribution in [3.05, 3.63) is 59.7 Å². The van der Waals surface area contributed by atoms with Gasteiger partial charge in [-0.3, -0.25) is 9.79 Å². The number of benzene rings is 2. The van der Waals surface area contributed by atoms with Gasteiger partial charge >= 0.3 is 6.09 Å².